The van der Waals surface area contributed by atoms with Crippen LogP contribution in [0, 0.1) is 5.92 Å². The highest BCUT2D eigenvalue weighted by Crippen LogP contribution is 2.58. The van der Waals surface area contributed by atoms with Gasteiger partial charge < -0.3 is 9.84 Å². The number of allylic oxidation sites excluding steroid dienone is 5. The molecule has 0 saturated carbocycles. The predicted octanol–water partition coefficient (Wildman–Crippen LogP) is 7.36. The molecule has 4 aromatic rings. The molecule has 3 atom stereocenters. The Bertz CT molecular complexity index is 1670. The maximum Gasteiger partial charge on any atom is 0.168 e. The van der Waals surface area contributed by atoms with Crippen LogP contribution in [0.3, 0.4) is 0 Å². The van der Waals surface area contributed by atoms with E-state index in [0.717, 1.165) is 22.3 Å². The molecule has 0 amide bonds. The van der Waals surface area contributed by atoms with E-state index in [4.69, 9.17) is 4.74 Å². The summed E-state index contributed by atoms with van der Waals surface area (Å²) in [6, 6.07) is 33.8. The second-order valence-electron chi connectivity index (χ2n) is 10.5. The Labute approximate surface area is 239 Å². The van der Waals surface area contributed by atoms with E-state index in [1.165, 1.54) is 6.08 Å². The molecular formula is C37H30O4. The number of fused-ring (bicyclic) bond motifs is 1. The zero-order valence-electron chi connectivity index (χ0n) is 22.6. The van der Waals surface area contributed by atoms with Gasteiger partial charge in [0.15, 0.2) is 11.6 Å². The van der Waals surface area contributed by atoms with Crippen molar-refractivity contribution >= 4 is 17.1 Å². The van der Waals surface area contributed by atoms with Gasteiger partial charge in [0.2, 0.25) is 0 Å². The predicted molar refractivity (Wildman–Crippen MR) is 161 cm³/mol. The molecule has 1 N–H and O–H groups in total. The Hall–Kier alpha value is -4.96. The highest BCUT2D eigenvalue weighted by Gasteiger charge is 2.59. The first-order valence-corrected chi connectivity index (χ1v) is 13.8. The van der Waals surface area contributed by atoms with Gasteiger partial charge in [0.1, 0.15) is 18.1 Å². The molecule has 0 radical (unpaired) electrons. The summed E-state index contributed by atoms with van der Waals surface area (Å²) >= 11 is 0. The fraction of sp³-hybridized carbons (Fsp3) is 0.135. The second-order valence-corrected chi connectivity index (χ2v) is 10.5. The zero-order chi connectivity index (χ0) is 28.4. The van der Waals surface area contributed by atoms with E-state index in [1.807, 2.05) is 97.1 Å². The first kappa shape index (κ1) is 26.3. The van der Waals surface area contributed by atoms with Crippen LogP contribution in [0.5, 0.6) is 11.5 Å². The first-order chi connectivity index (χ1) is 20.0. The highest BCUT2D eigenvalue weighted by molar-refractivity contribution is 6.31. The Morgan fingerprint density at radius 3 is 2.20 bits per heavy atom. The number of rotatable bonds is 7. The summed E-state index contributed by atoms with van der Waals surface area (Å²) in [5.74, 6) is -1.01. The van der Waals surface area contributed by atoms with Crippen LogP contribution in [-0.4, -0.2) is 16.7 Å². The fourth-order valence-corrected chi connectivity index (χ4v) is 6.45. The van der Waals surface area contributed by atoms with Crippen LogP contribution in [0.1, 0.15) is 34.6 Å². The average Bonchev–Trinajstić information content (AvgIpc) is 3.02. The van der Waals surface area contributed by atoms with Gasteiger partial charge in [-0.25, -0.2) is 0 Å². The summed E-state index contributed by atoms with van der Waals surface area (Å²) in [7, 11) is 0. The van der Waals surface area contributed by atoms with Gasteiger partial charge in [-0.15, -0.1) is 0 Å². The molecule has 0 bridgehead atoms. The smallest absolute Gasteiger partial charge is 0.168 e. The molecule has 2 aliphatic rings. The number of hydrogen-bond donors (Lipinski definition) is 1. The van der Waals surface area contributed by atoms with Crippen molar-refractivity contribution in [1.82, 2.24) is 0 Å². The largest absolute Gasteiger partial charge is 0.508 e. The number of phenolic OH excluding ortho intramolecular Hbond substituents is 1. The molecule has 0 aromatic heterocycles. The van der Waals surface area contributed by atoms with E-state index in [-0.39, 0.29) is 17.3 Å². The van der Waals surface area contributed by atoms with Crippen molar-refractivity contribution in [2.24, 2.45) is 5.92 Å². The molecule has 202 valence electrons. The minimum atomic E-state index is -1.25. The van der Waals surface area contributed by atoms with E-state index < -0.39 is 17.3 Å². The van der Waals surface area contributed by atoms with Crippen LogP contribution < -0.4 is 4.74 Å². The van der Waals surface area contributed by atoms with Crippen molar-refractivity contribution in [2.75, 3.05) is 0 Å². The monoisotopic (exact) mass is 538 g/mol. The highest BCUT2D eigenvalue weighted by atomic mass is 16.5. The lowest BCUT2D eigenvalue weighted by Crippen LogP contribution is -2.54. The number of aromatic hydroxyl groups is 1. The van der Waals surface area contributed by atoms with Crippen LogP contribution >= 0.6 is 0 Å². The lowest BCUT2D eigenvalue weighted by molar-refractivity contribution is -0.131. The van der Waals surface area contributed by atoms with E-state index in [9.17, 15) is 14.7 Å². The lowest BCUT2D eigenvalue weighted by Gasteiger charge is -2.49. The molecule has 0 heterocycles. The molecule has 4 aromatic carbocycles. The molecule has 4 heteroatoms. The van der Waals surface area contributed by atoms with Crippen molar-refractivity contribution in [1.29, 1.82) is 0 Å². The van der Waals surface area contributed by atoms with Gasteiger partial charge in [-0.2, -0.15) is 0 Å². The Balaban J connectivity index is 1.49. The van der Waals surface area contributed by atoms with Gasteiger partial charge in [0.05, 0.1) is 5.41 Å². The van der Waals surface area contributed by atoms with Crippen LogP contribution in [-0.2, 0) is 21.6 Å². The van der Waals surface area contributed by atoms with Gasteiger partial charge in [0, 0.05) is 29.0 Å². The minimum Gasteiger partial charge on any atom is -0.508 e. The second kappa shape index (κ2) is 10.9. The molecule has 0 fully saturated rings. The third-order valence-corrected chi connectivity index (χ3v) is 8.33. The molecule has 0 unspecified atom stereocenters. The van der Waals surface area contributed by atoms with Crippen molar-refractivity contribution < 1.29 is 19.4 Å². The van der Waals surface area contributed by atoms with Crippen LogP contribution in [0.2, 0.25) is 0 Å². The molecule has 2 aliphatic carbocycles. The lowest BCUT2D eigenvalue weighted by atomic mass is 9.50. The van der Waals surface area contributed by atoms with E-state index in [0.29, 0.717) is 29.9 Å². The molecule has 6 rings (SSSR count). The molecule has 0 spiro atoms. The van der Waals surface area contributed by atoms with E-state index in [1.54, 1.807) is 24.3 Å². The SMILES string of the molecule is C=CC1=CC[C@H]2C(=O)C(c3ccccc3)=CC(=O)[C@@]2(c2ccccc2)[C@H]1c1ccc(OCc2ccccc2)cc1O. The minimum absolute atomic E-state index is 0.00218. The molecule has 0 aliphatic heterocycles. The maximum absolute atomic E-state index is 14.6. The summed E-state index contributed by atoms with van der Waals surface area (Å²) in [6.45, 7) is 4.41. The molecular weight excluding hydrogens is 508 g/mol. The maximum atomic E-state index is 14.6. The number of phenols is 1. The third kappa shape index (κ3) is 4.52. The van der Waals surface area contributed by atoms with Crippen molar-refractivity contribution in [3.8, 4) is 11.5 Å². The third-order valence-electron chi connectivity index (χ3n) is 8.33. The van der Waals surface area contributed by atoms with E-state index >= 15 is 0 Å². The molecule has 4 nitrogen and oxygen atoms in total. The van der Waals surface area contributed by atoms with Crippen molar-refractivity contribution in [2.45, 2.75) is 24.4 Å². The number of Topliss-reactive ketones (excluding diaryl/α,β-unsaturated/α-hetero) is 1. The Kier molecular flexibility index (Phi) is 6.98. The Morgan fingerprint density at radius 2 is 1.54 bits per heavy atom. The van der Waals surface area contributed by atoms with Crippen LogP contribution in [0.25, 0.3) is 5.57 Å². The summed E-state index contributed by atoms with van der Waals surface area (Å²) in [5.41, 5.74) is 3.01. The number of ether oxygens (including phenoxy) is 1. The van der Waals surface area contributed by atoms with Gasteiger partial charge in [-0.05, 0) is 40.8 Å². The Morgan fingerprint density at radius 1 is 0.878 bits per heavy atom. The standard InChI is InChI=1S/C37H30O4/c1-2-26-18-21-32-36(40)31(27-14-8-4-9-15-27)23-34(39)37(32,28-16-10-5-11-17-28)35(26)30-20-19-29(22-33(30)38)41-24-25-12-6-3-7-13-25/h2-20,22-23,32,35,38H,1,21,24H2/t32-,35+,37-/m0/s1. The van der Waals surface area contributed by atoms with Crippen molar-refractivity contribution in [3.05, 3.63) is 162 Å². The van der Waals surface area contributed by atoms with Crippen LogP contribution in [0.15, 0.2) is 140 Å². The number of carbonyl (C=O) groups is 2. The summed E-state index contributed by atoms with van der Waals surface area (Å²) in [5, 5.41) is 11.4. The molecule has 0 saturated heterocycles. The van der Waals surface area contributed by atoms with Crippen molar-refractivity contribution in [3.63, 3.8) is 0 Å². The van der Waals surface area contributed by atoms with E-state index in [2.05, 4.69) is 6.58 Å². The van der Waals surface area contributed by atoms with Gasteiger partial charge in [0.25, 0.3) is 0 Å². The summed E-state index contributed by atoms with van der Waals surface area (Å²) in [6.07, 6.45) is 5.62. The topological polar surface area (TPSA) is 63.6 Å². The van der Waals surface area contributed by atoms with Gasteiger partial charge >= 0.3 is 0 Å². The first-order valence-electron chi connectivity index (χ1n) is 13.8. The van der Waals surface area contributed by atoms with Crippen LogP contribution in [0.4, 0.5) is 0 Å². The number of hydrogen-bond acceptors (Lipinski definition) is 4. The summed E-state index contributed by atoms with van der Waals surface area (Å²) < 4.78 is 5.96. The quantitative estimate of drug-likeness (QED) is 0.267. The summed E-state index contributed by atoms with van der Waals surface area (Å²) in [4.78, 5) is 28.8. The average molecular weight is 539 g/mol. The fourth-order valence-electron chi connectivity index (χ4n) is 6.45. The number of carbonyl (C=O) groups excluding carboxylic acids is 2. The van der Waals surface area contributed by atoms with Gasteiger partial charge in [-0.1, -0.05) is 116 Å². The number of ketones is 2. The zero-order valence-corrected chi connectivity index (χ0v) is 22.6. The normalized spacial score (nSPS) is 21.9. The van der Waals surface area contributed by atoms with Gasteiger partial charge in [-0.3, -0.25) is 9.59 Å². The molecule has 41 heavy (non-hydrogen) atoms. The number of benzene rings is 4.